The summed E-state index contributed by atoms with van der Waals surface area (Å²) in [4.78, 5) is 13.2. The van der Waals surface area contributed by atoms with Gasteiger partial charge in [-0.25, -0.2) is 0 Å². The standard InChI is InChI=1S/C12H12F2N2O2/c1-16(8-4-7-15)11(17)9-5-2-3-6-10(9)18-12(13)14/h2-3,5-6,12H,4,8H2,1H3. The molecule has 0 saturated carbocycles. The molecule has 6 heteroatoms. The monoisotopic (exact) mass is 254 g/mol. The summed E-state index contributed by atoms with van der Waals surface area (Å²) in [7, 11) is 1.50. The van der Waals surface area contributed by atoms with E-state index >= 15 is 0 Å². The molecule has 0 aliphatic heterocycles. The van der Waals surface area contributed by atoms with Crippen molar-refractivity contribution in [2.75, 3.05) is 13.6 Å². The number of nitriles is 1. The molecule has 0 atom stereocenters. The van der Waals surface area contributed by atoms with E-state index < -0.39 is 12.5 Å². The predicted octanol–water partition coefficient (Wildman–Crippen LogP) is 2.27. The van der Waals surface area contributed by atoms with Gasteiger partial charge in [-0.15, -0.1) is 0 Å². The molecule has 0 fully saturated rings. The summed E-state index contributed by atoms with van der Waals surface area (Å²) < 4.78 is 28.6. The van der Waals surface area contributed by atoms with E-state index in [1.165, 1.54) is 30.1 Å². The second-order valence-electron chi connectivity index (χ2n) is 3.51. The molecule has 0 aliphatic carbocycles. The smallest absolute Gasteiger partial charge is 0.387 e. The van der Waals surface area contributed by atoms with E-state index in [-0.39, 0.29) is 24.3 Å². The van der Waals surface area contributed by atoms with E-state index in [0.29, 0.717) is 0 Å². The number of hydrogen-bond donors (Lipinski definition) is 0. The number of carbonyl (C=O) groups excluding carboxylic acids is 1. The van der Waals surface area contributed by atoms with Crippen LogP contribution in [0.1, 0.15) is 16.8 Å². The van der Waals surface area contributed by atoms with Gasteiger partial charge in [-0.2, -0.15) is 14.0 Å². The number of amides is 1. The second-order valence-corrected chi connectivity index (χ2v) is 3.51. The zero-order valence-corrected chi connectivity index (χ0v) is 9.77. The van der Waals surface area contributed by atoms with Crippen molar-refractivity contribution in [3.05, 3.63) is 29.8 Å². The molecule has 18 heavy (non-hydrogen) atoms. The normalized spacial score (nSPS) is 9.94. The maximum atomic E-state index is 12.2. The number of nitrogens with zero attached hydrogens (tertiary/aromatic N) is 2. The van der Waals surface area contributed by atoms with Crippen LogP contribution in [-0.4, -0.2) is 31.0 Å². The Morgan fingerprint density at radius 3 is 2.78 bits per heavy atom. The lowest BCUT2D eigenvalue weighted by molar-refractivity contribution is -0.0502. The Morgan fingerprint density at radius 2 is 2.17 bits per heavy atom. The van der Waals surface area contributed by atoms with Crippen LogP contribution in [-0.2, 0) is 0 Å². The van der Waals surface area contributed by atoms with E-state index in [4.69, 9.17) is 5.26 Å². The van der Waals surface area contributed by atoms with Gasteiger partial charge in [0.15, 0.2) is 0 Å². The molecule has 1 aromatic rings. The molecule has 0 unspecified atom stereocenters. The molecule has 0 radical (unpaired) electrons. The highest BCUT2D eigenvalue weighted by Gasteiger charge is 2.18. The van der Waals surface area contributed by atoms with Crippen LogP contribution in [0.2, 0.25) is 0 Å². The number of para-hydroxylation sites is 1. The zero-order valence-electron chi connectivity index (χ0n) is 9.77. The van der Waals surface area contributed by atoms with Gasteiger partial charge >= 0.3 is 6.61 Å². The van der Waals surface area contributed by atoms with Crippen molar-refractivity contribution >= 4 is 5.91 Å². The molecule has 0 aromatic heterocycles. The number of alkyl halides is 2. The molecule has 0 saturated heterocycles. The largest absolute Gasteiger partial charge is 0.434 e. The summed E-state index contributed by atoms with van der Waals surface area (Å²) in [5.74, 6) is -0.622. The SMILES string of the molecule is CN(CCC#N)C(=O)c1ccccc1OC(F)F. The minimum atomic E-state index is -2.98. The molecule has 4 nitrogen and oxygen atoms in total. The average molecular weight is 254 g/mol. The number of rotatable bonds is 5. The Labute approximate surface area is 103 Å². The van der Waals surface area contributed by atoms with Crippen LogP contribution >= 0.6 is 0 Å². The first kappa shape index (κ1) is 13.9. The van der Waals surface area contributed by atoms with E-state index in [0.717, 1.165) is 0 Å². The number of halogens is 2. The predicted molar refractivity (Wildman–Crippen MR) is 60.3 cm³/mol. The van der Waals surface area contributed by atoms with Crippen molar-refractivity contribution in [1.29, 1.82) is 5.26 Å². The van der Waals surface area contributed by atoms with Crippen LogP contribution in [0.4, 0.5) is 8.78 Å². The van der Waals surface area contributed by atoms with E-state index in [2.05, 4.69) is 4.74 Å². The molecule has 0 aliphatic rings. The van der Waals surface area contributed by atoms with Crippen molar-refractivity contribution < 1.29 is 18.3 Å². The summed E-state index contributed by atoms with van der Waals surface area (Å²) in [5, 5.41) is 8.43. The van der Waals surface area contributed by atoms with Crippen molar-refractivity contribution in [3.63, 3.8) is 0 Å². The zero-order chi connectivity index (χ0) is 13.5. The maximum absolute atomic E-state index is 12.2. The molecule has 1 amide bonds. The first-order chi connectivity index (χ1) is 8.56. The third kappa shape index (κ3) is 3.70. The van der Waals surface area contributed by atoms with Crippen LogP contribution < -0.4 is 4.74 Å². The van der Waals surface area contributed by atoms with Crippen LogP contribution in [0.25, 0.3) is 0 Å². The molecule has 1 aromatic carbocycles. The third-order valence-electron chi connectivity index (χ3n) is 2.24. The van der Waals surface area contributed by atoms with Gasteiger partial charge in [-0.05, 0) is 12.1 Å². The van der Waals surface area contributed by atoms with E-state index in [1.807, 2.05) is 6.07 Å². The lowest BCUT2D eigenvalue weighted by Crippen LogP contribution is -2.28. The maximum Gasteiger partial charge on any atom is 0.387 e. The van der Waals surface area contributed by atoms with Crippen LogP contribution in [0, 0.1) is 11.3 Å². The van der Waals surface area contributed by atoms with Crippen LogP contribution in [0.5, 0.6) is 5.75 Å². The highest BCUT2D eigenvalue weighted by molar-refractivity contribution is 5.96. The van der Waals surface area contributed by atoms with Gasteiger partial charge < -0.3 is 9.64 Å². The molecule has 0 bridgehead atoms. The summed E-state index contributed by atoms with van der Waals surface area (Å²) in [6.07, 6.45) is 0.181. The van der Waals surface area contributed by atoms with Crippen molar-refractivity contribution in [2.45, 2.75) is 13.0 Å². The fourth-order valence-corrected chi connectivity index (χ4v) is 1.37. The van der Waals surface area contributed by atoms with Gasteiger partial charge in [0, 0.05) is 13.6 Å². The first-order valence-electron chi connectivity index (χ1n) is 5.22. The van der Waals surface area contributed by atoms with Gasteiger partial charge in [0.25, 0.3) is 5.91 Å². The fraction of sp³-hybridized carbons (Fsp3) is 0.333. The fourth-order valence-electron chi connectivity index (χ4n) is 1.37. The van der Waals surface area contributed by atoms with Crippen LogP contribution in [0.15, 0.2) is 24.3 Å². The number of benzene rings is 1. The molecule has 0 spiro atoms. The van der Waals surface area contributed by atoms with Crippen molar-refractivity contribution in [1.82, 2.24) is 4.90 Å². The Balaban J connectivity index is 2.88. The van der Waals surface area contributed by atoms with Gasteiger partial charge in [0.1, 0.15) is 5.75 Å². The number of carbonyl (C=O) groups is 1. The lowest BCUT2D eigenvalue weighted by Gasteiger charge is -2.17. The summed E-state index contributed by atoms with van der Waals surface area (Å²) in [6.45, 7) is -2.75. The highest BCUT2D eigenvalue weighted by atomic mass is 19.3. The topological polar surface area (TPSA) is 53.3 Å². The number of ether oxygens (including phenoxy) is 1. The van der Waals surface area contributed by atoms with Gasteiger partial charge in [0.05, 0.1) is 18.1 Å². The quantitative estimate of drug-likeness (QED) is 0.810. The summed E-state index contributed by atoms with van der Waals surface area (Å²) in [6, 6.07) is 7.68. The number of hydrogen-bond acceptors (Lipinski definition) is 3. The molecule has 0 heterocycles. The summed E-state index contributed by atoms with van der Waals surface area (Å²) >= 11 is 0. The molecule has 0 N–H and O–H groups in total. The van der Waals surface area contributed by atoms with E-state index in [9.17, 15) is 13.6 Å². The van der Waals surface area contributed by atoms with Gasteiger partial charge in [-0.3, -0.25) is 4.79 Å². The van der Waals surface area contributed by atoms with Gasteiger partial charge in [-0.1, -0.05) is 12.1 Å². The Bertz CT molecular complexity index is 458. The summed E-state index contributed by atoms with van der Waals surface area (Å²) in [5.41, 5.74) is 0.0539. The van der Waals surface area contributed by atoms with Gasteiger partial charge in [0.2, 0.25) is 0 Å². The van der Waals surface area contributed by atoms with E-state index in [1.54, 1.807) is 6.07 Å². The second kappa shape index (κ2) is 6.55. The molecular weight excluding hydrogens is 242 g/mol. The molecular formula is C12H12F2N2O2. The average Bonchev–Trinajstić information content (AvgIpc) is 2.35. The third-order valence-corrected chi connectivity index (χ3v) is 2.24. The highest BCUT2D eigenvalue weighted by Crippen LogP contribution is 2.21. The minimum Gasteiger partial charge on any atom is -0.434 e. The van der Waals surface area contributed by atoms with Crippen molar-refractivity contribution in [3.8, 4) is 11.8 Å². The Kier molecular flexibility index (Phi) is 5.06. The van der Waals surface area contributed by atoms with Crippen molar-refractivity contribution in [2.24, 2.45) is 0 Å². The Morgan fingerprint density at radius 1 is 1.50 bits per heavy atom. The Hall–Kier alpha value is -2.16. The first-order valence-corrected chi connectivity index (χ1v) is 5.22. The lowest BCUT2D eigenvalue weighted by atomic mass is 10.1. The molecule has 96 valence electrons. The van der Waals surface area contributed by atoms with Crippen LogP contribution in [0.3, 0.4) is 0 Å². The molecule has 1 rings (SSSR count). The minimum absolute atomic E-state index is 0.0539.